The Hall–Kier alpha value is -2.83. The number of amides is 1. The fourth-order valence-electron chi connectivity index (χ4n) is 6.30. The van der Waals surface area contributed by atoms with Crippen LogP contribution in [0.3, 0.4) is 0 Å². The smallest absolute Gasteiger partial charge is 0.276 e. The number of fused-ring (bicyclic) bond motifs is 1. The Balaban J connectivity index is 1.27. The van der Waals surface area contributed by atoms with Crippen LogP contribution in [0.25, 0.3) is 17.1 Å². The van der Waals surface area contributed by atoms with E-state index in [9.17, 15) is 4.79 Å². The van der Waals surface area contributed by atoms with Crippen LogP contribution >= 0.6 is 0 Å². The molecule has 148 valence electrons. The van der Waals surface area contributed by atoms with E-state index >= 15 is 4.39 Å². The van der Waals surface area contributed by atoms with Crippen LogP contribution in [-0.4, -0.2) is 33.0 Å². The number of halogens is 1. The fraction of sp³-hybridized carbons (Fsp3) is 0.455. The van der Waals surface area contributed by atoms with E-state index in [0.717, 1.165) is 35.9 Å². The van der Waals surface area contributed by atoms with E-state index in [-0.39, 0.29) is 11.4 Å². The first-order chi connectivity index (χ1) is 14.0. The Labute approximate surface area is 167 Å². The van der Waals surface area contributed by atoms with Crippen LogP contribution in [0.4, 0.5) is 4.39 Å². The Bertz CT molecular complexity index is 1080. The summed E-state index contributed by atoms with van der Waals surface area (Å²) >= 11 is 0. The van der Waals surface area contributed by atoms with Crippen molar-refractivity contribution in [1.29, 1.82) is 0 Å². The molecule has 1 aromatic carbocycles. The van der Waals surface area contributed by atoms with Gasteiger partial charge in [0.25, 0.3) is 5.91 Å². The van der Waals surface area contributed by atoms with Crippen LogP contribution < -0.4 is 10.6 Å². The van der Waals surface area contributed by atoms with Gasteiger partial charge in [0.15, 0.2) is 0 Å². The number of aromatic nitrogens is 2. The van der Waals surface area contributed by atoms with Gasteiger partial charge in [0.1, 0.15) is 11.4 Å². The number of nitrogens with zero attached hydrogens (tertiary/aromatic N) is 3. The second kappa shape index (κ2) is 5.84. The lowest BCUT2D eigenvalue weighted by molar-refractivity contribution is -0.115. The largest absolute Gasteiger partial charge is 0.350 e. The summed E-state index contributed by atoms with van der Waals surface area (Å²) in [5, 5.41) is 6.27. The molecule has 7 rings (SSSR count). The number of alkyl halides is 1. The molecule has 7 heteroatoms. The molecule has 2 N–H and O–H groups in total. The summed E-state index contributed by atoms with van der Waals surface area (Å²) in [6.07, 6.45) is 10.0. The van der Waals surface area contributed by atoms with Gasteiger partial charge in [-0.3, -0.25) is 20.1 Å². The molecule has 4 bridgehead atoms. The molecule has 0 radical (unpaired) electrons. The highest BCUT2D eigenvalue weighted by Crippen LogP contribution is 2.59. The third kappa shape index (κ3) is 2.91. The molecule has 5 aliphatic rings. The molecule has 0 saturated heterocycles. The number of hydrogen-bond acceptors (Lipinski definition) is 5. The summed E-state index contributed by atoms with van der Waals surface area (Å²) < 4.78 is 15.2. The number of hydrogen-bond donors (Lipinski definition) is 2. The highest BCUT2D eigenvalue weighted by molar-refractivity contribution is 6.14. The zero-order valence-electron chi connectivity index (χ0n) is 16.0. The monoisotopic (exact) mass is 391 g/mol. The predicted octanol–water partition coefficient (Wildman–Crippen LogP) is 3.11. The van der Waals surface area contributed by atoms with E-state index in [1.54, 1.807) is 18.5 Å². The first-order valence-corrected chi connectivity index (χ1v) is 10.3. The minimum Gasteiger partial charge on any atom is -0.350 e. The minimum atomic E-state index is -1.05. The van der Waals surface area contributed by atoms with Crippen LogP contribution in [0.15, 0.2) is 41.3 Å². The van der Waals surface area contributed by atoms with Gasteiger partial charge in [0.05, 0.1) is 11.0 Å². The second-order valence-corrected chi connectivity index (χ2v) is 9.27. The van der Waals surface area contributed by atoms with Gasteiger partial charge in [0, 0.05) is 24.4 Å². The average Bonchev–Trinajstić information content (AvgIpc) is 2.97. The molecule has 2 heterocycles. The third-order valence-electron chi connectivity index (χ3n) is 6.87. The average molecular weight is 391 g/mol. The molecule has 2 atom stereocenters. The van der Waals surface area contributed by atoms with Gasteiger partial charge >= 0.3 is 0 Å². The molecule has 4 aliphatic carbocycles. The van der Waals surface area contributed by atoms with Crippen molar-refractivity contribution in [2.75, 3.05) is 0 Å². The molecule has 6 nitrogen and oxygen atoms in total. The highest BCUT2D eigenvalue weighted by Gasteiger charge is 2.58. The van der Waals surface area contributed by atoms with Gasteiger partial charge < -0.3 is 5.32 Å². The van der Waals surface area contributed by atoms with Crippen molar-refractivity contribution in [3.05, 3.63) is 41.9 Å². The first kappa shape index (κ1) is 17.1. The number of nitrogens with one attached hydrogen (secondary N) is 2. The quantitative estimate of drug-likeness (QED) is 0.771. The number of benzene rings is 1. The molecular formula is C22H22FN5O. The van der Waals surface area contributed by atoms with Gasteiger partial charge in [-0.05, 0) is 67.7 Å². The van der Waals surface area contributed by atoms with E-state index < -0.39 is 5.67 Å². The Morgan fingerprint density at radius 2 is 1.86 bits per heavy atom. The van der Waals surface area contributed by atoms with Crippen LogP contribution in [0.5, 0.6) is 0 Å². The standard InChI is InChI=1S/C22H22FN5O/c23-21-8-14-5-15(9-21)11-22(10-14,12-21)28-20-26-18(19(29)27-20)7-13-1-2-16-17(6-13)25-4-3-24-16/h1-4,6-7,14-15H,5,8-12H2,(H2,26,27,28,29)/b18-7-. The van der Waals surface area contributed by atoms with Crippen LogP contribution in [0.1, 0.15) is 44.1 Å². The number of guanidine groups is 1. The number of aliphatic imine (C=N–C) groups is 1. The predicted molar refractivity (Wildman–Crippen MR) is 107 cm³/mol. The van der Waals surface area contributed by atoms with Crippen molar-refractivity contribution in [1.82, 2.24) is 20.6 Å². The molecule has 1 amide bonds. The molecule has 2 unspecified atom stereocenters. The lowest BCUT2D eigenvalue weighted by Gasteiger charge is -2.59. The second-order valence-electron chi connectivity index (χ2n) is 9.27. The van der Waals surface area contributed by atoms with Gasteiger partial charge in [-0.1, -0.05) is 6.07 Å². The summed E-state index contributed by atoms with van der Waals surface area (Å²) in [5.74, 6) is 1.10. The van der Waals surface area contributed by atoms with E-state index in [0.29, 0.717) is 42.8 Å². The topological polar surface area (TPSA) is 79.3 Å². The van der Waals surface area contributed by atoms with Crippen molar-refractivity contribution < 1.29 is 9.18 Å². The zero-order chi connectivity index (χ0) is 19.6. The Morgan fingerprint density at radius 1 is 1.10 bits per heavy atom. The molecular weight excluding hydrogens is 369 g/mol. The van der Waals surface area contributed by atoms with Crippen molar-refractivity contribution in [3.8, 4) is 0 Å². The maximum Gasteiger partial charge on any atom is 0.276 e. The Kier molecular flexibility index (Phi) is 3.44. The van der Waals surface area contributed by atoms with Crippen molar-refractivity contribution in [3.63, 3.8) is 0 Å². The normalized spacial score (nSPS) is 36.5. The summed E-state index contributed by atoms with van der Waals surface area (Å²) in [6, 6.07) is 5.65. The summed E-state index contributed by atoms with van der Waals surface area (Å²) in [5.41, 5.74) is 1.42. The molecule has 4 fully saturated rings. The minimum absolute atomic E-state index is 0.244. The van der Waals surface area contributed by atoms with Crippen molar-refractivity contribution in [2.45, 2.75) is 49.7 Å². The van der Waals surface area contributed by atoms with E-state index in [1.807, 2.05) is 18.2 Å². The van der Waals surface area contributed by atoms with E-state index in [4.69, 9.17) is 0 Å². The number of rotatable bonds is 2. The number of carbonyl (C=O) groups is 1. The zero-order valence-corrected chi connectivity index (χ0v) is 16.0. The third-order valence-corrected chi connectivity index (χ3v) is 6.87. The summed E-state index contributed by atoms with van der Waals surface area (Å²) in [6.45, 7) is 0. The molecule has 2 aromatic rings. The summed E-state index contributed by atoms with van der Waals surface area (Å²) in [7, 11) is 0. The van der Waals surface area contributed by atoms with E-state index in [1.165, 1.54) is 0 Å². The molecule has 1 aromatic heterocycles. The van der Waals surface area contributed by atoms with Crippen LogP contribution in [-0.2, 0) is 4.79 Å². The van der Waals surface area contributed by atoms with Crippen molar-refractivity contribution >= 4 is 29.0 Å². The van der Waals surface area contributed by atoms with E-state index in [2.05, 4.69) is 25.6 Å². The SMILES string of the molecule is O=C1NC(NC23CC4CC(CC(F)(C4)C2)C3)=N/C1=C\c1ccc2nccnc2c1. The van der Waals surface area contributed by atoms with Crippen molar-refractivity contribution in [2.24, 2.45) is 16.8 Å². The molecule has 1 aliphatic heterocycles. The first-order valence-electron chi connectivity index (χ1n) is 10.3. The maximum atomic E-state index is 15.2. The Morgan fingerprint density at radius 3 is 2.62 bits per heavy atom. The van der Waals surface area contributed by atoms with Gasteiger partial charge in [-0.25, -0.2) is 9.38 Å². The van der Waals surface area contributed by atoms with Gasteiger partial charge in [-0.15, -0.1) is 0 Å². The molecule has 29 heavy (non-hydrogen) atoms. The number of carbonyl (C=O) groups excluding carboxylic acids is 1. The summed E-state index contributed by atoms with van der Waals surface area (Å²) in [4.78, 5) is 25.5. The lowest BCUT2D eigenvalue weighted by atomic mass is 9.52. The van der Waals surface area contributed by atoms with Gasteiger partial charge in [-0.2, -0.15) is 0 Å². The fourth-order valence-corrected chi connectivity index (χ4v) is 6.30. The lowest BCUT2D eigenvalue weighted by Crippen LogP contribution is -2.65. The van der Waals surface area contributed by atoms with Crippen LogP contribution in [0, 0.1) is 11.8 Å². The molecule has 0 spiro atoms. The van der Waals surface area contributed by atoms with Crippen LogP contribution in [0.2, 0.25) is 0 Å². The van der Waals surface area contributed by atoms with Gasteiger partial charge in [0.2, 0.25) is 5.96 Å². The highest BCUT2D eigenvalue weighted by atomic mass is 19.1. The maximum absolute atomic E-state index is 15.2. The molecule has 4 saturated carbocycles.